The fraction of sp³-hybridized carbons (Fsp3) is 0.227. The van der Waals surface area contributed by atoms with Crippen LogP contribution in [0.15, 0.2) is 46.4 Å². The Hall–Kier alpha value is -3.33. The van der Waals surface area contributed by atoms with E-state index in [2.05, 4.69) is 21.2 Å². The highest BCUT2D eigenvalue weighted by Crippen LogP contribution is 2.38. The number of carbonyl (C=O) groups excluding carboxylic acids is 3. The lowest BCUT2D eigenvalue weighted by atomic mass is 10.1. The third-order valence-corrected chi connectivity index (χ3v) is 4.95. The molecule has 1 heterocycles. The van der Waals surface area contributed by atoms with E-state index in [9.17, 15) is 14.4 Å². The number of carbonyl (C=O) groups is 3. The predicted octanol–water partition coefficient (Wildman–Crippen LogP) is 3.92. The lowest BCUT2D eigenvalue weighted by Crippen LogP contribution is -2.54. The Kier molecular flexibility index (Phi) is 6.96. The zero-order valence-electron chi connectivity index (χ0n) is 17.2. The van der Waals surface area contributed by atoms with Crippen LogP contribution in [0.2, 0.25) is 0 Å². The summed E-state index contributed by atoms with van der Waals surface area (Å²) in [5.41, 5.74) is 0.554. The normalized spacial score (nSPS) is 15.2. The van der Waals surface area contributed by atoms with E-state index in [1.807, 2.05) is 6.92 Å². The van der Waals surface area contributed by atoms with Crippen LogP contribution in [0.4, 0.5) is 10.5 Å². The molecular formula is C22H21BrN2O6. The second-order valence-electron chi connectivity index (χ2n) is 6.33. The minimum atomic E-state index is -0.843. The molecule has 1 saturated heterocycles. The van der Waals surface area contributed by atoms with Crippen LogP contribution in [0.5, 0.6) is 17.2 Å². The summed E-state index contributed by atoms with van der Waals surface area (Å²) in [6.07, 6.45) is 1.39. The minimum Gasteiger partial charge on any atom is -0.493 e. The molecule has 0 radical (unpaired) electrons. The van der Waals surface area contributed by atoms with Gasteiger partial charge in [-0.05, 0) is 65.7 Å². The van der Waals surface area contributed by atoms with E-state index in [-0.39, 0.29) is 11.3 Å². The molecule has 1 aliphatic heterocycles. The van der Waals surface area contributed by atoms with Crippen molar-refractivity contribution in [1.29, 1.82) is 0 Å². The number of methoxy groups -OCH3 is 1. The number of urea groups is 1. The average Bonchev–Trinajstić information content (AvgIpc) is 2.74. The van der Waals surface area contributed by atoms with Crippen LogP contribution in [0.1, 0.15) is 19.4 Å². The molecule has 1 N–H and O–H groups in total. The zero-order chi connectivity index (χ0) is 22.5. The van der Waals surface area contributed by atoms with Gasteiger partial charge in [-0.3, -0.25) is 14.9 Å². The van der Waals surface area contributed by atoms with Gasteiger partial charge in [-0.25, -0.2) is 9.69 Å². The molecule has 0 unspecified atom stereocenters. The fourth-order valence-electron chi connectivity index (χ4n) is 3.07. The summed E-state index contributed by atoms with van der Waals surface area (Å²) in [6, 6.07) is 9.11. The van der Waals surface area contributed by atoms with Gasteiger partial charge >= 0.3 is 6.03 Å². The SMILES string of the molecule is CCOc1ccccc1N1C(=O)NC(=O)/C(=C\c2cc(Br)c(OCC)c(OC)c2)C1=O. The van der Waals surface area contributed by atoms with Crippen molar-refractivity contribution in [3.8, 4) is 17.2 Å². The first-order valence-corrected chi connectivity index (χ1v) is 10.3. The van der Waals surface area contributed by atoms with E-state index in [1.165, 1.54) is 13.2 Å². The highest BCUT2D eigenvalue weighted by molar-refractivity contribution is 9.10. The molecule has 0 aliphatic carbocycles. The Labute approximate surface area is 187 Å². The molecule has 0 spiro atoms. The highest BCUT2D eigenvalue weighted by atomic mass is 79.9. The molecule has 162 valence electrons. The molecule has 3 rings (SSSR count). The molecule has 0 saturated carbocycles. The number of hydrogen-bond acceptors (Lipinski definition) is 6. The maximum absolute atomic E-state index is 13.2. The van der Waals surface area contributed by atoms with E-state index < -0.39 is 17.8 Å². The van der Waals surface area contributed by atoms with Crippen molar-refractivity contribution in [1.82, 2.24) is 5.32 Å². The number of para-hydroxylation sites is 2. The lowest BCUT2D eigenvalue weighted by molar-refractivity contribution is -0.122. The molecule has 0 bridgehead atoms. The first-order valence-electron chi connectivity index (χ1n) is 9.54. The number of ether oxygens (including phenoxy) is 3. The van der Waals surface area contributed by atoms with Crippen LogP contribution in [0.25, 0.3) is 6.08 Å². The zero-order valence-corrected chi connectivity index (χ0v) is 18.8. The molecule has 2 aromatic rings. The Balaban J connectivity index is 2.05. The number of benzene rings is 2. The maximum atomic E-state index is 13.2. The summed E-state index contributed by atoms with van der Waals surface area (Å²) >= 11 is 3.42. The fourth-order valence-corrected chi connectivity index (χ4v) is 3.64. The number of barbiturate groups is 1. The van der Waals surface area contributed by atoms with Gasteiger partial charge in [0.1, 0.15) is 11.3 Å². The van der Waals surface area contributed by atoms with Gasteiger partial charge in [0.15, 0.2) is 11.5 Å². The van der Waals surface area contributed by atoms with Gasteiger partial charge in [0.2, 0.25) is 0 Å². The van der Waals surface area contributed by atoms with Crippen LogP contribution < -0.4 is 24.4 Å². The second kappa shape index (κ2) is 9.65. The van der Waals surface area contributed by atoms with Crippen molar-refractivity contribution in [2.45, 2.75) is 13.8 Å². The van der Waals surface area contributed by atoms with Crippen molar-refractivity contribution in [2.75, 3.05) is 25.2 Å². The molecule has 31 heavy (non-hydrogen) atoms. The smallest absolute Gasteiger partial charge is 0.336 e. The first kappa shape index (κ1) is 22.4. The molecule has 1 aliphatic rings. The summed E-state index contributed by atoms with van der Waals surface area (Å²) in [6.45, 7) is 4.42. The van der Waals surface area contributed by atoms with Crippen molar-refractivity contribution >= 4 is 45.5 Å². The van der Waals surface area contributed by atoms with E-state index in [0.717, 1.165) is 4.90 Å². The van der Waals surface area contributed by atoms with Crippen LogP contribution in [0, 0.1) is 0 Å². The Morgan fingerprint density at radius 3 is 2.42 bits per heavy atom. The molecule has 0 atom stereocenters. The molecule has 9 heteroatoms. The predicted molar refractivity (Wildman–Crippen MR) is 118 cm³/mol. The van der Waals surface area contributed by atoms with E-state index in [4.69, 9.17) is 14.2 Å². The Morgan fingerprint density at radius 1 is 1.03 bits per heavy atom. The standard InChI is InChI=1S/C22H21BrN2O6/c1-4-30-17-9-7-6-8-16(17)25-21(27)14(20(26)24-22(25)28)10-13-11-15(23)19(31-5-2)18(12-13)29-3/h6-12H,4-5H2,1-3H3,(H,24,26,28)/b14-10+. The summed E-state index contributed by atoms with van der Waals surface area (Å²) in [5, 5.41) is 2.21. The van der Waals surface area contributed by atoms with E-state index >= 15 is 0 Å². The molecule has 4 amide bonds. The largest absolute Gasteiger partial charge is 0.493 e. The molecule has 8 nitrogen and oxygen atoms in total. The molecular weight excluding hydrogens is 468 g/mol. The van der Waals surface area contributed by atoms with Crippen LogP contribution >= 0.6 is 15.9 Å². The lowest BCUT2D eigenvalue weighted by Gasteiger charge is -2.27. The van der Waals surface area contributed by atoms with Crippen LogP contribution in [0.3, 0.4) is 0 Å². The summed E-state index contributed by atoms with van der Waals surface area (Å²) in [4.78, 5) is 39.0. The number of rotatable bonds is 7. The highest BCUT2D eigenvalue weighted by Gasteiger charge is 2.38. The van der Waals surface area contributed by atoms with Gasteiger partial charge in [0.25, 0.3) is 11.8 Å². The monoisotopic (exact) mass is 488 g/mol. The quantitative estimate of drug-likeness (QED) is 0.468. The first-order chi connectivity index (χ1) is 14.9. The molecule has 1 fully saturated rings. The van der Waals surface area contributed by atoms with Gasteiger partial charge in [0.05, 0.1) is 30.5 Å². The van der Waals surface area contributed by atoms with Gasteiger partial charge in [-0.1, -0.05) is 12.1 Å². The third kappa shape index (κ3) is 4.56. The summed E-state index contributed by atoms with van der Waals surface area (Å²) in [7, 11) is 1.49. The maximum Gasteiger partial charge on any atom is 0.336 e. The number of anilines is 1. The van der Waals surface area contributed by atoms with Crippen LogP contribution in [-0.2, 0) is 9.59 Å². The van der Waals surface area contributed by atoms with Crippen LogP contribution in [-0.4, -0.2) is 38.2 Å². The number of nitrogens with one attached hydrogen (secondary N) is 1. The minimum absolute atomic E-state index is 0.205. The van der Waals surface area contributed by atoms with Crippen molar-refractivity contribution in [2.24, 2.45) is 0 Å². The molecule has 2 aromatic carbocycles. The van der Waals surface area contributed by atoms with Crippen molar-refractivity contribution < 1.29 is 28.6 Å². The van der Waals surface area contributed by atoms with Gasteiger partial charge in [-0.2, -0.15) is 0 Å². The Bertz CT molecular complexity index is 1070. The van der Waals surface area contributed by atoms with Crippen molar-refractivity contribution in [3.05, 3.63) is 52.0 Å². The number of imide groups is 2. The third-order valence-electron chi connectivity index (χ3n) is 4.36. The van der Waals surface area contributed by atoms with Gasteiger partial charge < -0.3 is 14.2 Å². The average molecular weight is 489 g/mol. The van der Waals surface area contributed by atoms with E-state index in [0.29, 0.717) is 40.5 Å². The molecule has 0 aromatic heterocycles. The van der Waals surface area contributed by atoms with Gasteiger partial charge in [0, 0.05) is 0 Å². The number of halogens is 1. The summed E-state index contributed by atoms with van der Waals surface area (Å²) in [5.74, 6) is -0.253. The number of nitrogens with zero attached hydrogens (tertiary/aromatic N) is 1. The summed E-state index contributed by atoms with van der Waals surface area (Å²) < 4.78 is 17.1. The second-order valence-corrected chi connectivity index (χ2v) is 7.18. The number of amides is 4. The Morgan fingerprint density at radius 2 is 1.74 bits per heavy atom. The number of hydrogen-bond donors (Lipinski definition) is 1. The van der Waals surface area contributed by atoms with Gasteiger partial charge in [-0.15, -0.1) is 0 Å². The van der Waals surface area contributed by atoms with E-state index in [1.54, 1.807) is 43.3 Å². The van der Waals surface area contributed by atoms with Crippen molar-refractivity contribution in [3.63, 3.8) is 0 Å². The topological polar surface area (TPSA) is 94.2 Å².